The van der Waals surface area contributed by atoms with Crippen LogP contribution in [0.25, 0.3) is 21.5 Å². The van der Waals surface area contributed by atoms with Crippen molar-refractivity contribution in [3.8, 4) is 11.5 Å². The van der Waals surface area contributed by atoms with Gasteiger partial charge in [-0.2, -0.15) is 0 Å². The van der Waals surface area contributed by atoms with Gasteiger partial charge in [0.1, 0.15) is 43.1 Å². The van der Waals surface area contributed by atoms with Gasteiger partial charge in [-0.25, -0.2) is 16.8 Å². The molecule has 0 radical (unpaired) electrons. The zero-order valence-corrected chi connectivity index (χ0v) is 34.5. The van der Waals surface area contributed by atoms with Crippen LogP contribution in [0.2, 0.25) is 0 Å². The maximum Gasteiger partial charge on any atom is 2.00 e. The molecule has 0 atom stereocenters. The molecule has 276 valence electrons. The molecule has 0 spiro atoms. The second-order valence-electron chi connectivity index (χ2n) is 11.2. The van der Waals surface area contributed by atoms with Gasteiger partial charge in [-0.15, -0.1) is 20.5 Å². The summed E-state index contributed by atoms with van der Waals surface area (Å²) >= 11 is 0. The van der Waals surface area contributed by atoms with E-state index in [1.807, 2.05) is 0 Å². The maximum atomic E-state index is 11.5. The standard InChI is InChI=1S/2C17H13N3O6S.Ba/c2*1-10-13(7-4-8-14(10)20(22)23)18-19-17-12-6-3-2-5-11(12)16(9-15(17)21)27(24,25)26;/h2*2-9,21H,1H3,(H,24,25,26);/q;;+2/p-2. The second-order valence-corrected chi connectivity index (χ2v) is 13.9. The van der Waals surface area contributed by atoms with Gasteiger partial charge in [-0.3, -0.25) is 20.2 Å². The molecule has 6 aromatic rings. The van der Waals surface area contributed by atoms with Gasteiger partial charge in [0.25, 0.3) is 11.4 Å². The van der Waals surface area contributed by atoms with Gasteiger partial charge < -0.3 is 19.3 Å². The van der Waals surface area contributed by atoms with Gasteiger partial charge in [-0.1, -0.05) is 60.7 Å². The zero-order chi connectivity index (χ0) is 39.5. The number of phenols is 2. The summed E-state index contributed by atoms with van der Waals surface area (Å²) in [6, 6.07) is 22.3. The predicted molar refractivity (Wildman–Crippen MR) is 197 cm³/mol. The van der Waals surface area contributed by atoms with Gasteiger partial charge in [0.15, 0.2) is 0 Å². The van der Waals surface area contributed by atoms with Crippen LogP contribution in [-0.2, 0) is 20.2 Å². The third-order valence-corrected chi connectivity index (χ3v) is 9.67. The first-order chi connectivity index (χ1) is 25.4. The Kier molecular flexibility index (Phi) is 13.2. The number of azo groups is 2. The number of nitrogens with zero attached hydrogens (tertiary/aromatic N) is 6. The summed E-state index contributed by atoms with van der Waals surface area (Å²) in [4.78, 5) is 19.8. The largest absolute Gasteiger partial charge is 2.00 e. The molecule has 0 aliphatic rings. The minimum absolute atomic E-state index is 0. The number of benzene rings is 6. The molecule has 0 amide bonds. The number of phenolic OH excluding ortho intramolecular Hbond substituents is 2. The zero-order valence-electron chi connectivity index (χ0n) is 28.4. The number of nitro benzene ring substituents is 2. The molecular weight excluding hydrogens is 886 g/mol. The molecule has 6 rings (SSSR count). The Morgan fingerprint density at radius 2 is 0.855 bits per heavy atom. The van der Waals surface area contributed by atoms with Crippen molar-refractivity contribution in [1.82, 2.24) is 0 Å². The third kappa shape index (κ3) is 9.38. The van der Waals surface area contributed by atoms with Crippen molar-refractivity contribution < 1.29 is 46.0 Å². The van der Waals surface area contributed by atoms with Crippen LogP contribution < -0.4 is 0 Å². The average Bonchev–Trinajstić information content (AvgIpc) is 3.10. The van der Waals surface area contributed by atoms with Crippen molar-refractivity contribution in [2.45, 2.75) is 23.6 Å². The van der Waals surface area contributed by atoms with E-state index in [1.165, 1.54) is 74.5 Å². The molecule has 0 aliphatic heterocycles. The number of rotatable bonds is 8. The summed E-state index contributed by atoms with van der Waals surface area (Å²) in [5.74, 6) is -1.09. The van der Waals surface area contributed by atoms with E-state index in [2.05, 4.69) is 20.5 Å². The Morgan fingerprint density at radius 1 is 0.527 bits per heavy atom. The fourth-order valence-corrected chi connectivity index (χ4v) is 6.70. The monoisotopic (exact) mass is 910 g/mol. The van der Waals surface area contributed by atoms with E-state index >= 15 is 0 Å². The summed E-state index contributed by atoms with van der Waals surface area (Å²) in [5, 5.41) is 58.8. The van der Waals surface area contributed by atoms with E-state index in [0.717, 1.165) is 12.1 Å². The number of nitro groups is 2. The van der Waals surface area contributed by atoms with Crippen LogP contribution >= 0.6 is 0 Å². The molecule has 0 aliphatic carbocycles. The van der Waals surface area contributed by atoms with E-state index in [-0.39, 0.29) is 116 Å². The predicted octanol–water partition coefficient (Wildman–Crippen LogP) is 7.78. The second kappa shape index (κ2) is 17.1. The number of fused-ring (bicyclic) bond motifs is 2. The maximum absolute atomic E-state index is 11.5. The Hall–Kier alpha value is -5.17. The van der Waals surface area contributed by atoms with Crippen LogP contribution in [-0.4, -0.2) is 94.9 Å². The number of aromatic hydroxyl groups is 2. The van der Waals surface area contributed by atoms with E-state index in [4.69, 9.17) is 0 Å². The van der Waals surface area contributed by atoms with Gasteiger partial charge >= 0.3 is 48.9 Å². The van der Waals surface area contributed by atoms with Gasteiger partial charge in [0, 0.05) is 45.8 Å². The van der Waals surface area contributed by atoms with Gasteiger partial charge in [0.2, 0.25) is 0 Å². The average molecular weight is 910 g/mol. The van der Waals surface area contributed by atoms with E-state index in [9.17, 15) is 56.4 Å². The number of hydrogen-bond acceptors (Lipinski definition) is 16. The van der Waals surface area contributed by atoms with Crippen LogP contribution in [0.3, 0.4) is 0 Å². The smallest absolute Gasteiger partial charge is 0.744 e. The first-order valence-corrected chi connectivity index (χ1v) is 17.9. The first-order valence-electron chi connectivity index (χ1n) is 15.1. The van der Waals surface area contributed by atoms with E-state index in [1.54, 1.807) is 24.3 Å². The number of hydrogen-bond donors (Lipinski definition) is 2. The molecule has 55 heavy (non-hydrogen) atoms. The Bertz CT molecular complexity index is 2610. The molecule has 0 aromatic heterocycles. The summed E-state index contributed by atoms with van der Waals surface area (Å²) in [7, 11) is -9.63. The Balaban J connectivity index is 0.000000240. The molecule has 0 unspecified atom stereocenters. The quantitative estimate of drug-likeness (QED) is 0.0486. The third-order valence-electron chi connectivity index (χ3n) is 7.92. The van der Waals surface area contributed by atoms with Gasteiger partial charge in [0.05, 0.1) is 42.1 Å². The molecular formula is C34H24BaN6O12S2. The van der Waals surface area contributed by atoms with Crippen molar-refractivity contribution in [3.05, 3.63) is 128 Å². The minimum atomic E-state index is -4.81. The van der Waals surface area contributed by atoms with Crippen LogP contribution in [0.15, 0.2) is 127 Å². The normalized spacial score (nSPS) is 11.7. The van der Waals surface area contributed by atoms with E-state index < -0.39 is 51.4 Å². The van der Waals surface area contributed by atoms with Crippen molar-refractivity contribution in [2.75, 3.05) is 0 Å². The van der Waals surface area contributed by atoms with Crippen molar-refractivity contribution >= 4 is 125 Å². The molecule has 0 saturated heterocycles. The molecule has 0 heterocycles. The molecule has 6 aromatic carbocycles. The Morgan fingerprint density at radius 3 is 1.16 bits per heavy atom. The SMILES string of the molecule is Cc1c(N=Nc2c(O)cc(S(=O)(=O)[O-])c3ccccc23)cccc1[N+](=O)[O-].Cc1c(N=Nc2c(O)cc(S(=O)(=O)[O-])c3ccccc23)cccc1[N+](=O)[O-].[Ba+2]. The fraction of sp³-hybridized carbons (Fsp3) is 0.0588. The summed E-state index contributed by atoms with van der Waals surface area (Å²) in [6.07, 6.45) is 0. The fourth-order valence-electron chi connectivity index (χ4n) is 5.29. The van der Waals surface area contributed by atoms with E-state index in [0.29, 0.717) is 0 Å². The van der Waals surface area contributed by atoms with Crippen LogP contribution in [0.5, 0.6) is 11.5 Å². The van der Waals surface area contributed by atoms with Gasteiger partial charge in [-0.05, 0) is 26.0 Å². The molecule has 21 heteroatoms. The summed E-state index contributed by atoms with van der Waals surface area (Å²) in [6.45, 7) is 3.02. The Labute approximate surface area is 351 Å². The topological polar surface area (TPSA) is 291 Å². The molecule has 18 nitrogen and oxygen atoms in total. The van der Waals surface area contributed by atoms with Crippen molar-refractivity contribution in [2.24, 2.45) is 20.5 Å². The van der Waals surface area contributed by atoms with Crippen LogP contribution in [0.4, 0.5) is 34.1 Å². The summed E-state index contributed by atoms with van der Waals surface area (Å²) < 4.78 is 68.7. The summed E-state index contributed by atoms with van der Waals surface area (Å²) in [5.41, 5.74) is 0.637. The van der Waals surface area contributed by atoms with Crippen molar-refractivity contribution in [3.63, 3.8) is 0 Å². The van der Waals surface area contributed by atoms with Crippen LogP contribution in [0.1, 0.15) is 11.1 Å². The molecule has 0 bridgehead atoms. The molecule has 2 N–H and O–H groups in total. The first kappa shape index (κ1) is 42.6. The van der Waals surface area contributed by atoms with Crippen molar-refractivity contribution in [1.29, 1.82) is 0 Å². The minimum Gasteiger partial charge on any atom is -0.744 e. The van der Waals surface area contributed by atoms with Crippen LogP contribution in [0, 0.1) is 34.1 Å². The molecule has 0 fully saturated rings. The molecule has 0 saturated carbocycles.